The van der Waals surface area contributed by atoms with Gasteiger partial charge in [0.05, 0.1) is 6.61 Å². The molecule has 1 N–H and O–H groups in total. The van der Waals surface area contributed by atoms with Gasteiger partial charge in [-0.3, -0.25) is 4.90 Å². The van der Waals surface area contributed by atoms with Crippen LogP contribution in [0.1, 0.15) is 58.3 Å². The minimum atomic E-state index is 0.751. The van der Waals surface area contributed by atoms with Crippen molar-refractivity contribution in [1.82, 2.24) is 10.2 Å². The minimum Gasteiger partial charge on any atom is -0.381 e. The summed E-state index contributed by atoms with van der Waals surface area (Å²) in [5.74, 6) is 1.72. The first-order valence-corrected chi connectivity index (χ1v) is 9.42. The lowest BCUT2D eigenvalue weighted by atomic mass is 9.82. The molecule has 3 nitrogen and oxygen atoms in total. The first-order valence-electron chi connectivity index (χ1n) is 9.42. The number of rotatable bonds is 5. The summed E-state index contributed by atoms with van der Waals surface area (Å²) in [5, 5.41) is 3.91. The van der Waals surface area contributed by atoms with Gasteiger partial charge in [-0.2, -0.15) is 0 Å². The Hall–Kier alpha value is -0.120. The van der Waals surface area contributed by atoms with Gasteiger partial charge in [0.15, 0.2) is 0 Å². The summed E-state index contributed by atoms with van der Waals surface area (Å²) in [5.41, 5.74) is 0. The molecule has 0 aromatic carbocycles. The number of ether oxygens (including phenoxy) is 1. The Labute approximate surface area is 130 Å². The lowest BCUT2D eigenvalue weighted by molar-refractivity contribution is 0.0727. The fourth-order valence-corrected chi connectivity index (χ4v) is 4.64. The van der Waals surface area contributed by atoms with Crippen LogP contribution < -0.4 is 5.32 Å². The molecule has 2 saturated heterocycles. The van der Waals surface area contributed by atoms with Crippen LogP contribution in [0.4, 0.5) is 0 Å². The summed E-state index contributed by atoms with van der Waals surface area (Å²) in [6.45, 7) is 8.08. The summed E-state index contributed by atoms with van der Waals surface area (Å²) in [7, 11) is 0. The van der Waals surface area contributed by atoms with Gasteiger partial charge in [0.1, 0.15) is 0 Å². The maximum Gasteiger partial charge on any atom is 0.0507 e. The Kier molecular flexibility index (Phi) is 5.96. The van der Waals surface area contributed by atoms with Crippen LogP contribution in [0.25, 0.3) is 0 Å². The lowest BCUT2D eigenvalue weighted by Gasteiger charge is -2.44. The Morgan fingerprint density at radius 1 is 1.14 bits per heavy atom. The molecule has 3 aliphatic rings. The number of nitrogens with zero attached hydrogens (tertiary/aromatic N) is 1. The lowest BCUT2D eigenvalue weighted by Crippen LogP contribution is -2.59. The Balaban J connectivity index is 1.57. The molecule has 0 aromatic rings. The average molecular weight is 294 g/mol. The van der Waals surface area contributed by atoms with Gasteiger partial charge in [-0.25, -0.2) is 0 Å². The monoisotopic (exact) mass is 294 g/mol. The fourth-order valence-electron chi connectivity index (χ4n) is 4.64. The first kappa shape index (κ1) is 15.8. The Bertz CT molecular complexity index is 298. The molecule has 0 radical (unpaired) electrons. The number of nitrogens with one attached hydrogen (secondary N) is 1. The molecule has 0 spiro atoms. The molecule has 0 aromatic heterocycles. The van der Waals surface area contributed by atoms with E-state index >= 15 is 0 Å². The third-order valence-corrected chi connectivity index (χ3v) is 5.92. The van der Waals surface area contributed by atoms with Crippen LogP contribution in [-0.4, -0.2) is 49.8 Å². The highest BCUT2D eigenvalue weighted by atomic mass is 16.5. The summed E-state index contributed by atoms with van der Waals surface area (Å²) in [6, 6.07) is 1.51. The molecule has 3 atom stereocenters. The van der Waals surface area contributed by atoms with E-state index in [-0.39, 0.29) is 0 Å². The van der Waals surface area contributed by atoms with Gasteiger partial charge in [-0.05, 0) is 37.5 Å². The van der Waals surface area contributed by atoms with E-state index in [1.807, 2.05) is 0 Å². The average Bonchev–Trinajstić information content (AvgIpc) is 3.03. The van der Waals surface area contributed by atoms with Gasteiger partial charge in [-0.15, -0.1) is 0 Å². The maximum atomic E-state index is 5.59. The first-order chi connectivity index (χ1) is 10.4. The molecule has 1 aliphatic carbocycles. The smallest absolute Gasteiger partial charge is 0.0507 e. The van der Waals surface area contributed by atoms with Gasteiger partial charge in [0.2, 0.25) is 0 Å². The molecule has 2 aliphatic heterocycles. The normalized spacial score (nSPS) is 36.1. The van der Waals surface area contributed by atoms with Crippen molar-refractivity contribution in [2.24, 2.45) is 11.8 Å². The zero-order chi connectivity index (χ0) is 14.5. The van der Waals surface area contributed by atoms with Gasteiger partial charge < -0.3 is 10.1 Å². The topological polar surface area (TPSA) is 24.5 Å². The zero-order valence-corrected chi connectivity index (χ0v) is 13.9. The van der Waals surface area contributed by atoms with Crippen molar-refractivity contribution >= 4 is 0 Å². The quantitative estimate of drug-likeness (QED) is 0.843. The predicted molar refractivity (Wildman–Crippen MR) is 87.6 cm³/mol. The van der Waals surface area contributed by atoms with Gasteiger partial charge in [0, 0.05) is 38.3 Å². The standard InChI is InChI=1S/C18H34N2O/c1-2-6-17-11-19-18(16-7-4-3-5-8-16)13-20(17)12-15-9-10-21-14-15/h15-19H,2-14H2,1H3. The maximum absolute atomic E-state index is 5.59. The highest BCUT2D eigenvalue weighted by Gasteiger charge is 2.33. The van der Waals surface area contributed by atoms with E-state index < -0.39 is 0 Å². The van der Waals surface area contributed by atoms with Crippen molar-refractivity contribution in [2.45, 2.75) is 70.4 Å². The number of hydrogen-bond acceptors (Lipinski definition) is 3. The Morgan fingerprint density at radius 2 is 2.00 bits per heavy atom. The second-order valence-corrected chi connectivity index (χ2v) is 7.54. The van der Waals surface area contributed by atoms with Gasteiger partial charge in [0.25, 0.3) is 0 Å². The molecular weight excluding hydrogens is 260 g/mol. The molecular formula is C18H34N2O. The molecule has 2 heterocycles. The van der Waals surface area contributed by atoms with E-state index in [4.69, 9.17) is 4.74 Å². The fraction of sp³-hybridized carbons (Fsp3) is 1.00. The second kappa shape index (κ2) is 7.94. The SMILES string of the molecule is CCCC1CNC(C2CCCCC2)CN1CC1CCOC1. The molecule has 122 valence electrons. The largest absolute Gasteiger partial charge is 0.381 e. The summed E-state index contributed by atoms with van der Waals surface area (Å²) >= 11 is 0. The second-order valence-electron chi connectivity index (χ2n) is 7.54. The highest BCUT2D eigenvalue weighted by Crippen LogP contribution is 2.29. The zero-order valence-electron chi connectivity index (χ0n) is 13.9. The van der Waals surface area contributed by atoms with Crippen LogP contribution in [0.3, 0.4) is 0 Å². The van der Waals surface area contributed by atoms with E-state index in [1.165, 1.54) is 71.0 Å². The molecule has 3 rings (SSSR count). The van der Waals surface area contributed by atoms with Crippen molar-refractivity contribution in [3.8, 4) is 0 Å². The van der Waals surface area contributed by atoms with Crippen molar-refractivity contribution < 1.29 is 4.74 Å². The van der Waals surface area contributed by atoms with Crippen LogP contribution in [0, 0.1) is 11.8 Å². The van der Waals surface area contributed by atoms with Crippen molar-refractivity contribution in [1.29, 1.82) is 0 Å². The molecule has 21 heavy (non-hydrogen) atoms. The van der Waals surface area contributed by atoms with Crippen LogP contribution >= 0.6 is 0 Å². The van der Waals surface area contributed by atoms with E-state index in [0.717, 1.165) is 37.1 Å². The molecule has 3 unspecified atom stereocenters. The van der Waals surface area contributed by atoms with E-state index in [0.29, 0.717) is 0 Å². The summed E-state index contributed by atoms with van der Waals surface area (Å²) in [6.07, 6.45) is 11.2. The van der Waals surface area contributed by atoms with Crippen molar-refractivity contribution in [3.63, 3.8) is 0 Å². The van der Waals surface area contributed by atoms with Crippen molar-refractivity contribution in [3.05, 3.63) is 0 Å². The van der Waals surface area contributed by atoms with Crippen LogP contribution in [-0.2, 0) is 4.74 Å². The minimum absolute atomic E-state index is 0.751. The van der Waals surface area contributed by atoms with E-state index in [9.17, 15) is 0 Å². The van der Waals surface area contributed by atoms with Crippen LogP contribution in [0.5, 0.6) is 0 Å². The molecule has 0 amide bonds. The van der Waals surface area contributed by atoms with E-state index in [2.05, 4.69) is 17.1 Å². The molecule has 3 fully saturated rings. The third-order valence-electron chi connectivity index (χ3n) is 5.92. The highest BCUT2D eigenvalue weighted by molar-refractivity contribution is 4.91. The predicted octanol–water partition coefficient (Wildman–Crippen LogP) is 3.05. The molecule has 1 saturated carbocycles. The summed E-state index contributed by atoms with van der Waals surface area (Å²) < 4.78 is 5.59. The van der Waals surface area contributed by atoms with E-state index in [1.54, 1.807) is 0 Å². The number of hydrogen-bond donors (Lipinski definition) is 1. The molecule has 3 heteroatoms. The Morgan fingerprint density at radius 3 is 2.71 bits per heavy atom. The van der Waals surface area contributed by atoms with Gasteiger partial charge >= 0.3 is 0 Å². The summed E-state index contributed by atoms with van der Waals surface area (Å²) in [4.78, 5) is 2.82. The van der Waals surface area contributed by atoms with Gasteiger partial charge in [-0.1, -0.05) is 32.6 Å². The van der Waals surface area contributed by atoms with Crippen LogP contribution in [0.15, 0.2) is 0 Å². The number of piperazine rings is 1. The van der Waals surface area contributed by atoms with Crippen LogP contribution in [0.2, 0.25) is 0 Å². The third kappa shape index (κ3) is 4.20. The van der Waals surface area contributed by atoms with Crippen molar-refractivity contribution in [2.75, 3.05) is 32.8 Å². The molecule has 0 bridgehead atoms.